The molecule has 0 spiro atoms. The smallest absolute Gasteiger partial charge is 0.111 e. The summed E-state index contributed by atoms with van der Waals surface area (Å²) in [4.78, 5) is 0. The minimum absolute atomic E-state index is 0.464. The second kappa shape index (κ2) is 6.85. The average Bonchev–Trinajstić information content (AvgIpc) is 2.82. The number of ether oxygens (including phenoxy) is 1. The zero-order valence-corrected chi connectivity index (χ0v) is 11.1. The molecule has 0 saturated carbocycles. The van der Waals surface area contributed by atoms with E-state index in [1.165, 1.54) is 25.7 Å². The maximum atomic E-state index is 9.93. The van der Waals surface area contributed by atoms with E-state index in [0.717, 1.165) is 32.0 Å². The van der Waals surface area contributed by atoms with Gasteiger partial charge in [0.1, 0.15) is 5.69 Å². The van der Waals surface area contributed by atoms with Gasteiger partial charge in [0.15, 0.2) is 0 Å². The minimum atomic E-state index is -0.464. The molecule has 5 heteroatoms. The van der Waals surface area contributed by atoms with Crippen LogP contribution in [0.5, 0.6) is 0 Å². The topological polar surface area (TPSA) is 60.2 Å². The molecule has 1 fully saturated rings. The molecule has 1 aromatic rings. The van der Waals surface area contributed by atoms with Crippen LogP contribution in [0.2, 0.25) is 0 Å². The highest BCUT2D eigenvalue weighted by molar-refractivity contribution is 4.96. The lowest BCUT2D eigenvalue weighted by Gasteiger charge is -2.21. The number of aromatic nitrogens is 3. The van der Waals surface area contributed by atoms with Crippen molar-refractivity contribution in [3.05, 3.63) is 11.9 Å². The summed E-state index contributed by atoms with van der Waals surface area (Å²) in [6.45, 7) is 1.85. The number of aliphatic hydroxyl groups excluding tert-OH is 1. The second-order valence-corrected chi connectivity index (χ2v) is 5.17. The van der Waals surface area contributed by atoms with Crippen LogP contribution in [0.15, 0.2) is 6.20 Å². The van der Waals surface area contributed by atoms with Gasteiger partial charge in [0.2, 0.25) is 0 Å². The molecular weight excluding hydrogens is 230 g/mol. The van der Waals surface area contributed by atoms with E-state index in [2.05, 4.69) is 10.3 Å². The normalized spacial score (nSPS) is 19.0. The highest BCUT2D eigenvalue weighted by Crippen LogP contribution is 2.23. The highest BCUT2D eigenvalue weighted by atomic mass is 16.5. The van der Waals surface area contributed by atoms with Crippen LogP contribution >= 0.6 is 0 Å². The SMILES string of the molecule is Cn1cc(C(O)CCCCC2CCOCC2)nn1. The van der Waals surface area contributed by atoms with Crippen LogP contribution < -0.4 is 0 Å². The fraction of sp³-hybridized carbons (Fsp3) is 0.846. The van der Waals surface area contributed by atoms with Crippen molar-refractivity contribution in [2.75, 3.05) is 13.2 Å². The van der Waals surface area contributed by atoms with Crippen molar-refractivity contribution in [2.24, 2.45) is 13.0 Å². The third-order valence-corrected chi connectivity index (χ3v) is 3.64. The van der Waals surface area contributed by atoms with Crippen LogP contribution in [0.4, 0.5) is 0 Å². The summed E-state index contributed by atoms with van der Waals surface area (Å²) in [6.07, 6.45) is 7.99. The van der Waals surface area contributed by atoms with Crippen molar-refractivity contribution in [3.8, 4) is 0 Å². The van der Waals surface area contributed by atoms with Gasteiger partial charge in [-0.2, -0.15) is 0 Å². The van der Waals surface area contributed by atoms with Crippen LogP contribution in [-0.2, 0) is 11.8 Å². The Balaban J connectivity index is 1.60. The van der Waals surface area contributed by atoms with E-state index >= 15 is 0 Å². The monoisotopic (exact) mass is 253 g/mol. The van der Waals surface area contributed by atoms with Crippen molar-refractivity contribution in [1.29, 1.82) is 0 Å². The third kappa shape index (κ3) is 4.07. The molecule has 1 N–H and O–H groups in total. The van der Waals surface area contributed by atoms with Crippen molar-refractivity contribution in [2.45, 2.75) is 44.6 Å². The number of hydrogen-bond acceptors (Lipinski definition) is 4. The summed E-state index contributed by atoms with van der Waals surface area (Å²) < 4.78 is 6.97. The molecule has 0 aliphatic carbocycles. The first-order valence-electron chi connectivity index (χ1n) is 6.87. The summed E-state index contributed by atoms with van der Waals surface area (Å²) in [5.74, 6) is 0.826. The van der Waals surface area contributed by atoms with Gasteiger partial charge in [-0.15, -0.1) is 5.10 Å². The van der Waals surface area contributed by atoms with E-state index in [9.17, 15) is 5.11 Å². The number of hydrogen-bond donors (Lipinski definition) is 1. The molecule has 0 radical (unpaired) electrons. The quantitative estimate of drug-likeness (QED) is 0.786. The molecule has 1 aromatic heterocycles. The van der Waals surface area contributed by atoms with Crippen molar-refractivity contribution < 1.29 is 9.84 Å². The molecule has 1 unspecified atom stereocenters. The molecule has 2 heterocycles. The van der Waals surface area contributed by atoms with E-state index < -0.39 is 6.10 Å². The summed E-state index contributed by atoms with van der Waals surface area (Å²) in [5.41, 5.74) is 0.684. The van der Waals surface area contributed by atoms with Gasteiger partial charge in [-0.3, -0.25) is 4.68 Å². The van der Waals surface area contributed by atoms with Crippen molar-refractivity contribution in [3.63, 3.8) is 0 Å². The van der Waals surface area contributed by atoms with E-state index in [-0.39, 0.29) is 0 Å². The largest absolute Gasteiger partial charge is 0.387 e. The Bertz CT molecular complexity index is 348. The first-order valence-corrected chi connectivity index (χ1v) is 6.87. The van der Waals surface area contributed by atoms with Crippen LogP contribution in [0.3, 0.4) is 0 Å². The van der Waals surface area contributed by atoms with Gasteiger partial charge >= 0.3 is 0 Å². The first-order chi connectivity index (χ1) is 8.75. The highest BCUT2D eigenvalue weighted by Gasteiger charge is 2.14. The Morgan fingerprint density at radius 2 is 2.22 bits per heavy atom. The number of nitrogens with zero attached hydrogens (tertiary/aromatic N) is 3. The first kappa shape index (κ1) is 13.5. The predicted molar refractivity (Wildman–Crippen MR) is 68.0 cm³/mol. The molecule has 102 valence electrons. The average molecular weight is 253 g/mol. The molecule has 1 aliphatic rings. The third-order valence-electron chi connectivity index (χ3n) is 3.64. The van der Waals surface area contributed by atoms with Gasteiger partial charge in [-0.05, 0) is 25.2 Å². The lowest BCUT2D eigenvalue weighted by atomic mass is 9.93. The second-order valence-electron chi connectivity index (χ2n) is 5.17. The van der Waals surface area contributed by atoms with Crippen LogP contribution in [0, 0.1) is 5.92 Å². The van der Waals surface area contributed by atoms with Crippen LogP contribution in [0.1, 0.15) is 50.3 Å². The van der Waals surface area contributed by atoms with Gasteiger partial charge in [0.25, 0.3) is 0 Å². The lowest BCUT2D eigenvalue weighted by molar-refractivity contribution is 0.0625. The van der Waals surface area contributed by atoms with Crippen LogP contribution in [0.25, 0.3) is 0 Å². The molecule has 1 atom stereocenters. The zero-order chi connectivity index (χ0) is 12.8. The van der Waals surface area contributed by atoms with Crippen LogP contribution in [-0.4, -0.2) is 33.3 Å². The predicted octanol–water partition coefficient (Wildman–Crippen LogP) is 1.84. The Morgan fingerprint density at radius 1 is 1.44 bits per heavy atom. The number of aliphatic hydroxyl groups is 1. The lowest BCUT2D eigenvalue weighted by Crippen LogP contribution is -2.15. The summed E-state index contributed by atoms with van der Waals surface area (Å²) in [7, 11) is 1.81. The Labute approximate surface area is 108 Å². The minimum Gasteiger partial charge on any atom is -0.387 e. The molecule has 5 nitrogen and oxygen atoms in total. The van der Waals surface area contributed by atoms with E-state index in [0.29, 0.717) is 5.69 Å². The summed E-state index contributed by atoms with van der Waals surface area (Å²) in [5, 5.41) is 17.7. The molecular formula is C13H23N3O2. The molecule has 0 amide bonds. The van der Waals surface area contributed by atoms with E-state index in [1.54, 1.807) is 10.9 Å². The summed E-state index contributed by atoms with van der Waals surface area (Å²) >= 11 is 0. The molecule has 0 aromatic carbocycles. The standard InChI is InChI=1S/C13H23N3O2/c1-16-10-12(14-15-16)13(17)5-3-2-4-11-6-8-18-9-7-11/h10-11,13,17H,2-9H2,1H3. The van der Waals surface area contributed by atoms with E-state index in [4.69, 9.17) is 4.74 Å². The fourth-order valence-corrected chi connectivity index (χ4v) is 2.47. The Hall–Kier alpha value is -0.940. The number of rotatable bonds is 6. The molecule has 18 heavy (non-hydrogen) atoms. The molecule has 0 bridgehead atoms. The zero-order valence-electron chi connectivity index (χ0n) is 11.1. The van der Waals surface area contributed by atoms with Gasteiger partial charge in [-0.25, -0.2) is 0 Å². The molecule has 1 saturated heterocycles. The van der Waals surface area contributed by atoms with Crippen molar-refractivity contribution in [1.82, 2.24) is 15.0 Å². The van der Waals surface area contributed by atoms with Gasteiger partial charge in [-0.1, -0.05) is 24.5 Å². The van der Waals surface area contributed by atoms with Gasteiger partial charge in [0, 0.05) is 20.3 Å². The van der Waals surface area contributed by atoms with Gasteiger partial charge < -0.3 is 9.84 Å². The number of unbranched alkanes of at least 4 members (excludes halogenated alkanes) is 1. The summed E-state index contributed by atoms with van der Waals surface area (Å²) in [6, 6.07) is 0. The van der Waals surface area contributed by atoms with Crippen molar-refractivity contribution >= 4 is 0 Å². The maximum Gasteiger partial charge on any atom is 0.111 e. The Morgan fingerprint density at radius 3 is 2.89 bits per heavy atom. The molecule has 1 aliphatic heterocycles. The fourth-order valence-electron chi connectivity index (χ4n) is 2.47. The maximum absolute atomic E-state index is 9.93. The molecule has 2 rings (SSSR count). The number of aryl methyl sites for hydroxylation is 1. The van der Waals surface area contributed by atoms with E-state index in [1.807, 2.05) is 7.05 Å². The Kier molecular flexibility index (Phi) is 5.13. The van der Waals surface area contributed by atoms with Gasteiger partial charge in [0.05, 0.1) is 12.3 Å².